The van der Waals surface area contributed by atoms with Crippen LogP contribution in [0.25, 0.3) is 5.69 Å². The van der Waals surface area contributed by atoms with Crippen LogP contribution >= 0.6 is 11.3 Å². The molecule has 5 nitrogen and oxygen atoms in total. The number of thiophene rings is 1. The third-order valence-corrected chi connectivity index (χ3v) is 6.19. The molecule has 0 spiro atoms. The molecule has 7 heteroatoms. The van der Waals surface area contributed by atoms with Crippen LogP contribution in [0.15, 0.2) is 53.4 Å². The summed E-state index contributed by atoms with van der Waals surface area (Å²) in [4.78, 5) is 0. The molecule has 4 rings (SSSR count). The van der Waals surface area contributed by atoms with E-state index in [1.165, 1.54) is 10.6 Å². The molecular weight excluding hydrogens is 342 g/mol. The van der Waals surface area contributed by atoms with Gasteiger partial charge < -0.3 is 0 Å². The molecule has 1 aliphatic heterocycles. The molecule has 0 amide bonds. The van der Waals surface area contributed by atoms with Crippen molar-refractivity contribution in [2.75, 3.05) is 17.1 Å². The minimum absolute atomic E-state index is 0.110. The topological polar surface area (TPSA) is 55.2 Å². The lowest BCUT2D eigenvalue weighted by Gasteiger charge is -2.33. The maximum atomic E-state index is 12.1. The average molecular weight is 359 g/mol. The number of nitrogens with zero attached hydrogens (tertiary/aromatic N) is 3. The first-order chi connectivity index (χ1) is 11.5. The summed E-state index contributed by atoms with van der Waals surface area (Å²) in [6, 6.07) is 11.8. The third-order valence-electron chi connectivity index (χ3n) is 4.34. The summed E-state index contributed by atoms with van der Waals surface area (Å²) in [6.45, 7) is 0.478. The predicted octanol–water partition coefficient (Wildman–Crippen LogP) is 3.24. The Bertz CT molecular complexity index is 961. The second-order valence-corrected chi connectivity index (χ2v) is 8.59. The van der Waals surface area contributed by atoms with E-state index in [4.69, 9.17) is 5.10 Å². The molecular formula is C17H17N3O2S2. The zero-order valence-corrected chi connectivity index (χ0v) is 14.8. The fraction of sp³-hybridized carbons (Fsp3) is 0.235. The smallest absolute Gasteiger partial charge is 0.232 e. The first kappa shape index (κ1) is 15.4. The molecule has 3 heterocycles. The van der Waals surface area contributed by atoms with Crippen molar-refractivity contribution in [1.82, 2.24) is 9.78 Å². The van der Waals surface area contributed by atoms with Crippen LogP contribution in [-0.4, -0.2) is 31.0 Å². The van der Waals surface area contributed by atoms with Gasteiger partial charge in [-0.25, -0.2) is 13.1 Å². The number of fused-ring (bicyclic) bond motifs is 1. The number of para-hydroxylation sites is 1. The standard InChI is InChI=1S/C17H17N3O2S2/c1-24(21,22)20-10-6-14(15-4-2-3-5-17(15)20)16-7-9-19(18-16)13-8-11-23-12-13/h2-5,7-9,11-12,14H,6,10H2,1H3/t14-/m0/s1. The zero-order chi connectivity index (χ0) is 16.7. The van der Waals surface area contributed by atoms with Crippen LogP contribution in [0.2, 0.25) is 0 Å². The van der Waals surface area contributed by atoms with E-state index in [1.807, 2.05) is 52.7 Å². The minimum Gasteiger partial charge on any atom is -0.270 e. The normalized spacial score (nSPS) is 17.7. The van der Waals surface area contributed by atoms with E-state index in [0.717, 1.165) is 29.1 Å². The van der Waals surface area contributed by atoms with Crippen LogP contribution in [0, 0.1) is 0 Å². The molecule has 0 saturated heterocycles. The maximum absolute atomic E-state index is 12.1. The highest BCUT2D eigenvalue weighted by Gasteiger charge is 2.31. The second kappa shape index (κ2) is 5.75. The van der Waals surface area contributed by atoms with E-state index < -0.39 is 10.0 Å². The summed E-state index contributed by atoms with van der Waals surface area (Å²) in [5.41, 5.74) is 3.81. The van der Waals surface area contributed by atoms with Gasteiger partial charge in [0, 0.05) is 24.0 Å². The molecule has 124 valence electrons. The van der Waals surface area contributed by atoms with Gasteiger partial charge in [-0.1, -0.05) is 18.2 Å². The molecule has 1 aliphatic rings. The third kappa shape index (κ3) is 2.63. The van der Waals surface area contributed by atoms with Crippen molar-refractivity contribution in [1.29, 1.82) is 0 Å². The Labute approximate surface area is 145 Å². The first-order valence-electron chi connectivity index (χ1n) is 7.69. The van der Waals surface area contributed by atoms with Gasteiger partial charge in [-0.05, 0) is 35.6 Å². The van der Waals surface area contributed by atoms with Crippen molar-refractivity contribution in [3.8, 4) is 5.69 Å². The highest BCUT2D eigenvalue weighted by molar-refractivity contribution is 7.92. The molecule has 1 atom stereocenters. The van der Waals surface area contributed by atoms with Crippen molar-refractivity contribution in [2.45, 2.75) is 12.3 Å². The summed E-state index contributed by atoms with van der Waals surface area (Å²) < 4.78 is 27.5. The lowest BCUT2D eigenvalue weighted by molar-refractivity contribution is 0.585. The molecule has 2 aromatic heterocycles. The molecule has 1 aromatic carbocycles. The minimum atomic E-state index is -3.27. The van der Waals surface area contributed by atoms with Gasteiger partial charge in [0.05, 0.1) is 23.3 Å². The van der Waals surface area contributed by atoms with Gasteiger partial charge in [0.1, 0.15) is 0 Å². The first-order valence-corrected chi connectivity index (χ1v) is 10.5. The fourth-order valence-corrected chi connectivity index (χ4v) is 4.82. The van der Waals surface area contributed by atoms with Crippen LogP contribution in [0.1, 0.15) is 23.6 Å². The van der Waals surface area contributed by atoms with Gasteiger partial charge >= 0.3 is 0 Å². The second-order valence-electron chi connectivity index (χ2n) is 5.90. The highest BCUT2D eigenvalue weighted by Crippen LogP contribution is 2.39. The number of rotatable bonds is 3. The van der Waals surface area contributed by atoms with E-state index in [1.54, 1.807) is 11.3 Å². The summed E-state index contributed by atoms with van der Waals surface area (Å²) in [7, 11) is -3.27. The Hall–Kier alpha value is -2.12. The number of benzene rings is 1. The maximum Gasteiger partial charge on any atom is 0.232 e. The van der Waals surface area contributed by atoms with Crippen molar-refractivity contribution in [2.24, 2.45) is 0 Å². The van der Waals surface area contributed by atoms with Gasteiger partial charge in [-0.15, -0.1) is 0 Å². The van der Waals surface area contributed by atoms with Crippen LogP contribution in [0.5, 0.6) is 0 Å². The Morgan fingerprint density at radius 2 is 2.04 bits per heavy atom. The molecule has 3 aromatic rings. The van der Waals surface area contributed by atoms with Gasteiger partial charge in [0.2, 0.25) is 10.0 Å². The fourth-order valence-electron chi connectivity index (χ4n) is 3.24. The number of hydrogen-bond donors (Lipinski definition) is 0. The summed E-state index contributed by atoms with van der Waals surface area (Å²) >= 11 is 1.64. The Morgan fingerprint density at radius 1 is 1.21 bits per heavy atom. The summed E-state index contributed by atoms with van der Waals surface area (Å²) in [5.74, 6) is 0.110. The predicted molar refractivity (Wildman–Crippen MR) is 96.5 cm³/mol. The molecule has 0 fully saturated rings. The number of aromatic nitrogens is 2. The van der Waals surface area contributed by atoms with E-state index in [9.17, 15) is 8.42 Å². The van der Waals surface area contributed by atoms with Gasteiger partial charge in [0.15, 0.2) is 0 Å². The van der Waals surface area contributed by atoms with Crippen LogP contribution < -0.4 is 4.31 Å². The number of hydrogen-bond acceptors (Lipinski definition) is 4. The van der Waals surface area contributed by atoms with E-state index in [2.05, 4.69) is 5.38 Å². The number of sulfonamides is 1. The Morgan fingerprint density at radius 3 is 2.79 bits per heavy atom. The molecule has 0 saturated carbocycles. The van der Waals surface area contributed by atoms with E-state index in [-0.39, 0.29) is 5.92 Å². The monoisotopic (exact) mass is 359 g/mol. The van der Waals surface area contributed by atoms with Crippen molar-refractivity contribution < 1.29 is 8.42 Å². The SMILES string of the molecule is CS(=O)(=O)N1CC[C@H](c2ccn(-c3ccsc3)n2)c2ccccc21. The van der Waals surface area contributed by atoms with Crippen molar-refractivity contribution in [3.05, 3.63) is 64.6 Å². The van der Waals surface area contributed by atoms with Gasteiger partial charge in [0.25, 0.3) is 0 Å². The molecule has 24 heavy (non-hydrogen) atoms. The van der Waals surface area contributed by atoms with Crippen LogP contribution in [0.4, 0.5) is 5.69 Å². The van der Waals surface area contributed by atoms with Crippen LogP contribution in [-0.2, 0) is 10.0 Å². The van der Waals surface area contributed by atoms with E-state index in [0.29, 0.717) is 6.54 Å². The van der Waals surface area contributed by atoms with Gasteiger partial charge in [-0.2, -0.15) is 16.4 Å². The van der Waals surface area contributed by atoms with E-state index >= 15 is 0 Å². The van der Waals surface area contributed by atoms with Crippen LogP contribution in [0.3, 0.4) is 0 Å². The van der Waals surface area contributed by atoms with Crippen molar-refractivity contribution in [3.63, 3.8) is 0 Å². The number of anilines is 1. The average Bonchev–Trinajstić information content (AvgIpc) is 3.24. The molecule has 0 bridgehead atoms. The highest BCUT2D eigenvalue weighted by atomic mass is 32.2. The lowest BCUT2D eigenvalue weighted by atomic mass is 9.88. The molecule has 0 radical (unpaired) electrons. The quantitative estimate of drug-likeness (QED) is 0.721. The largest absolute Gasteiger partial charge is 0.270 e. The Balaban J connectivity index is 1.75. The summed E-state index contributed by atoms with van der Waals surface area (Å²) in [6.07, 6.45) is 3.95. The van der Waals surface area contributed by atoms with Crippen molar-refractivity contribution >= 4 is 27.0 Å². The Kier molecular flexibility index (Phi) is 3.69. The molecule has 0 unspecified atom stereocenters. The lowest BCUT2D eigenvalue weighted by Crippen LogP contribution is -2.36. The molecule has 0 N–H and O–H groups in total. The van der Waals surface area contributed by atoms with Gasteiger partial charge in [-0.3, -0.25) is 4.31 Å². The summed E-state index contributed by atoms with van der Waals surface area (Å²) in [5, 5.41) is 8.79. The zero-order valence-electron chi connectivity index (χ0n) is 13.2. The molecule has 0 aliphatic carbocycles.